The molecule has 0 bridgehead atoms. The minimum Gasteiger partial charge on any atom is -0.360 e. The van der Waals surface area contributed by atoms with Crippen molar-refractivity contribution in [2.24, 2.45) is 0 Å². The Morgan fingerprint density at radius 3 is 2.61 bits per heavy atom. The Bertz CT molecular complexity index is 816. The van der Waals surface area contributed by atoms with E-state index in [0.29, 0.717) is 17.4 Å². The third-order valence-electron chi connectivity index (χ3n) is 3.22. The molecule has 0 radical (unpaired) electrons. The fourth-order valence-corrected chi connectivity index (χ4v) is 2.04. The SMILES string of the molecule is Cc1cc(Nc2cc(C(=O)N(C)c3ccccc3)ncn2)no1. The maximum absolute atomic E-state index is 12.5. The largest absolute Gasteiger partial charge is 0.360 e. The first-order valence-corrected chi connectivity index (χ1v) is 6.99. The normalized spacial score (nSPS) is 10.3. The highest BCUT2D eigenvalue weighted by Gasteiger charge is 2.15. The molecule has 2 heterocycles. The summed E-state index contributed by atoms with van der Waals surface area (Å²) in [6, 6.07) is 12.7. The van der Waals surface area contributed by atoms with Crippen LogP contribution in [0.2, 0.25) is 0 Å². The topological polar surface area (TPSA) is 84.2 Å². The van der Waals surface area contributed by atoms with Crippen LogP contribution in [0, 0.1) is 6.92 Å². The van der Waals surface area contributed by atoms with Gasteiger partial charge in [0.2, 0.25) is 0 Å². The number of carbonyl (C=O) groups excluding carboxylic acids is 1. The number of aromatic nitrogens is 3. The Hall–Kier alpha value is -3.22. The van der Waals surface area contributed by atoms with Gasteiger partial charge in [0.25, 0.3) is 5.91 Å². The number of para-hydroxylation sites is 1. The van der Waals surface area contributed by atoms with Crippen LogP contribution in [0.25, 0.3) is 0 Å². The van der Waals surface area contributed by atoms with Crippen LogP contribution in [-0.4, -0.2) is 28.1 Å². The average Bonchev–Trinajstić information content (AvgIpc) is 2.99. The van der Waals surface area contributed by atoms with Crippen molar-refractivity contribution in [1.82, 2.24) is 15.1 Å². The molecule has 0 fully saturated rings. The molecular formula is C16H15N5O2. The Labute approximate surface area is 133 Å². The fraction of sp³-hybridized carbons (Fsp3) is 0.125. The van der Waals surface area contributed by atoms with Gasteiger partial charge in [-0.3, -0.25) is 4.79 Å². The number of aryl methyl sites for hydroxylation is 1. The molecule has 116 valence electrons. The van der Waals surface area contributed by atoms with Crippen molar-refractivity contribution in [3.8, 4) is 0 Å². The van der Waals surface area contributed by atoms with E-state index in [1.807, 2.05) is 30.3 Å². The maximum atomic E-state index is 12.5. The van der Waals surface area contributed by atoms with Crippen LogP contribution in [0.1, 0.15) is 16.2 Å². The lowest BCUT2D eigenvalue weighted by atomic mass is 10.2. The predicted octanol–water partition coefficient (Wildman–Crippen LogP) is 2.79. The van der Waals surface area contributed by atoms with E-state index in [2.05, 4.69) is 20.4 Å². The molecule has 0 atom stereocenters. The van der Waals surface area contributed by atoms with Crippen LogP contribution in [0.15, 0.2) is 53.3 Å². The number of anilines is 3. The summed E-state index contributed by atoms with van der Waals surface area (Å²) in [4.78, 5) is 22.2. The zero-order valence-electron chi connectivity index (χ0n) is 12.7. The zero-order valence-corrected chi connectivity index (χ0v) is 12.7. The summed E-state index contributed by atoms with van der Waals surface area (Å²) in [5, 5.41) is 6.80. The molecule has 0 aliphatic rings. The third-order valence-corrected chi connectivity index (χ3v) is 3.22. The Kier molecular flexibility index (Phi) is 4.01. The van der Waals surface area contributed by atoms with Gasteiger partial charge in [0.15, 0.2) is 5.82 Å². The van der Waals surface area contributed by atoms with Crippen LogP contribution >= 0.6 is 0 Å². The lowest BCUT2D eigenvalue weighted by Crippen LogP contribution is -2.27. The molecule has 2 aromatic heterocycles. The van der Waals surface area contributed by atoms with Gasteiger partial charge in [-0.2, -0.15) is 0 Å². The van der Waals surface area contributed by atoms with Crippen LogP contribution in [0.3, 0.4) is 0 Å². The molecule has 7 nitrogen and oxygen atoms in total. The van der Waals surface area contributed by atoms with E-state index in [-0.39, 0.29) is 11.6 Å². The van der Waals surface area contributed by atoms with Gasteiger partial charge in [0.1, 0.15) is 23.6 Å². The van der Waals surface area contributed by atoms with Crippen LogP contribution in [0.4, 0.5) is 17.3 Å². The van der Waals surface area contributed by atoms with Gasteiger partial charge in [-0.25, -0.2) is 9.97 Å². The summed E-state index contributed by atoms with van der Waals surface area (Å²) in [5.41, 5.74) is 1.08. The molecule has 3 aromatic rings. The molecule has 1 N–H and O–H groups in total. The summed E-state index contributed by atoms with van der Waals surface area (Å²) in [6.45, 7) is 1.79. The summed E-state index contributed by atoms with van der Waals surface area (Å²) in [6.07, 6.45) is 1.33. The van der Waals surface area contributed by atoms with Crippen molar-refractivity contribution in [2.75, 3.05) is 17.3 Å². The van der Waals surface area contributed by atoms with Crippen molar-refractivity contribution in [1.29, 1.82) is 0 Å². The molecule has 0 spiro atoms. The first kappa shape index (κ1) is 14.7. The van der Waals surface area contributed by atoms with Gasteiger partial charge < -0.3 is 14.7 Å². The maximum Gasteiger partial charge on any atom is 0.276 e. The molecule has 1 amide bonds. The van der Waals surface area contributed by atoms with E-state index in [1.165, 1.54) is 11.2 Å². The number of nitrogens with zero attached hydrogens (tertiary/aromatic N) is 4. The quantitative estimate of drug-likeness (QED) is 0.797. The number of hydrogen-bond acceptors (Lipinski definition) is 6. The van der Waals surface area contributed by atoms with E-state index in [9.17, 15) is 4.79 Å². The van der Waals surface area contributed by atoms with Crippen molar-refractivity contribution in [3.63, 3.8) is 0 Å². The summed E-state index contributed by atoms with van der Waals surface area (Å²) in [7, 11) is 1.70. The number of amides is 1. The zero-order chi connectivity index (χ0) is 16.2. The van der Waals surface area contributed by atoms with Gasteiger partial charge in [-0.1, -0.05) is 23.4 Å². The highest BCUT2D eigenvalue weighted by Crippen LogP contribution is 2.17. The number of hydrogen-bond donors (Lipinski definition) is 1. The molecule has 0 saturated carbocycles. The second-order valence-electron chi connectivity index (χ2n) is 4.94. The van der Waals surface area contributed by atoms with Gasteiger partial charge in [-0.15, -0.1) is 0 Å². The number of nitrogens with one attached hydrogen (secondary N) is 1. The molecular weight excluding hydrogens is 294 g/mol. The van der Waals surface area contributed by atoms with Crippen LogP contribution in [-0.2, 0) is 0 Å². The Morgan fingerprint density at radius 2 is 1.91 bits per heavy atom. The highest BCUT2D eigenvalue weighted by molar-refractivity contribution is 6.04. The minimum absolute atomic E-state index is 0.224. The molecule has 3 rings (SSSR count). The van der Waals surface area contributed by atoms with E-state index in [1.54, 1.807) is 26.1 Å². The summed E-state index contributed by atoms with van der Waals surface area (Å²) in [5.74, 6) is 1.45. The number of benzene rings is 1. The second-order valence-corrected chi connectivity index (χ2v) is 4.94. The third kappa shape index (κ3) is 3.34. The Morgan fingerprint density at radius 1 is 1.13 bits per heavy atom. The van der Waals surface area contributed by atoms with Gasteiger partial charge >= 0.3 is 0 Å². The average molecular weight is 309 g/mol. The van der Waals surface area contributed by atoms with Crippen LogP contribution < -0.4 is 10.2 Å². The monoisotopic (exact) mass is 309 g/mol. The molecule has 0 unspecified atom stereocenters. The van der Waals surface area contributed by atoms with Crippen molar-refractivity contribution in [2.45, 2.75) is 6.92 Å². The number of carbonyl (C=O) groups is 1. The number of rotatable bonds is 4. The van der Waals surface area contributed by atoms with Crippen molar-refractivity contribution >= 4 is 23.2 Å². The van der Waals surface area contributed by atoms with Gasteiger partial charge in [0, 0.05) is 24.9 Å². The van der Waals surface area contributed by atoms with E-state index in [0.717, 1.165) is 5.69 Å². The lowest BCUT2D eigenvalue weighted by molar-refractivity contribution is 0.0988. The van der Waals surface area contributed by atoms with E-state index >= 15 is 0 Å². The van der Waals surface area contributed by atoms with Crippen molar-refractivity contribution < 1.29 is 9.32 Å². The standard InChI is InChI=1S/C16H15N5O2/c1-11-8-15(20-23-11)19-14-9-13(17-10-18-14)16(22)21(2)12-6-4-3-5-7-12/h3-10H,1-2H3,(H,17,18,19,20). The molecule has 1 aromatic carbocycles. The van der Waals surface area contributed by atoms with Crippen molar-refractivity contribution in [3.05, 3.63) is 60.2 Å². The smallest absolute Gasteiger partial charge is 0.276 e. The van der Waals surface area contributed by atoms with Gasteiger partial charge in [-0.05, 0) is 19.1 Å². The van der Waals surface area contributed by atoms with Gasteiger partial charge in [0.05, 0.1) is 0 Å². The molecule has 23 heavy (non-hydrogen) atoms. The minimum atomic E-state index is -0.224. The summed E-state index contributed by atoms with van der Waals surface area (Å²) < 4.78 is 4.98. The fourth-order valence-electron chi connectivity index (χ4n) is 2.04. The predicted molar refractivity (Wildman–Crippen MR) is 85.7 cm³/mol. The molecule has 0 saturated heterocycles. The van der Waals surface area contributed by atoms with E-state index in [4.69, 9.17) is 4.52 Å². The highest BCUT2D eigenvalue weighted by atomic mass is 16.5. The second kappa shape index (κ2) is 6.27. The molecule has 0 aliphatic carbocycles. The first-order chi connectivity index (χ1) is 11.1. The Balaban J connectivity index is 1.80. The van der Waals surface area contributed by atoms with E-state index < -0.39 is 0 Å². The molecule has 7 heteroatoms. The molecule has 0 aliphatic heterocycles. The lowest BCUT2D eigenvalue weighted by Gasteiger charge is -2.16. The first-order valence-electron chi connectivity index (χ1n) is 6.99. The summed E-state index contributed by atoms with van der Waals surface area (Å²) >= 11 is 0. The van der Waals surface area contributed by atoms with Crippen LogP contribution in [0.5, 0.6) is 0 Å².